The summed E-state index contributed by atoms with van der Waals surface area (Å²) in [5.74, 6) is -0.638. The number of aromatic carboxylic acids is 1. The lowest BCUT2D eigenvalue weighted by Gasteiger charge is -2.14. The third-order valence-electron chi connectivity index (χ3n) is 2.78. The summed E-state index contributed by atoms with van der Waals surface area (Å²) in [6.45, 7) is 7.17. The van der Waals surface area contributed by atoms with Crippen molar-refractivity contribution in [2.75, 3.05) is 13.7 Å². The number of carboxylic acids is 1. The van der Waals surface area contributed by atoms with Gasteiger partial charge < -0.3 is 14.4 Å². The summed E-state index contributed by atoms with van der Waals surface area (Å²) in [5.41, 5.74) is 2.13. The lowest BCUT2D eigenvalue weighted by Crippen LogP contribution is -2.11. The van der Waals surface area contributed by atoms with E-state index >= 15 is 0 Å². The molecule has 0 unspecified atom stereocenters. The number of aromatic nitrogens is 1. The van der Waals surface area contributed by atoms with E-state index in [-0.39, 0.29) is 5.92 Å². The molecule has 1 rings (SSSR count). The smallest absolute Gasteiger partial charge is 0.338 e. The molecule has 0 bridgehead atoms. The normalized spacial score (nSPS) is 11.2. The summed E-state index contributed by atoms with van der Waals surface area (Å²) in [6, 6.07) is 0. The van der Waals surface area contributed by atoms with E-state index in [9.17, 15) is 9.90 Å². The second kappa shape index (κ2) is 5.69. The molecule has 96 valence electrons. The molecule has 0 spiro atoms. The lowest BCUT2D eigenvalue weighted by atomic mass is 10.1. The van der Waals surface area contributed by atoms with Gasteiger partial charge in [0.05, 0.1) is 16.6 Å². The minimum Gasteiger partial charge on any atom is -0.478 e. The molecule has 0 amide bonds. The molecule has 1 heterocycles. The Morgan fingerprint density at radius 3 is 2.53 bits per heavy atom. The topological polar surface area (TPSA) is 51.5 Å². The van der Waals surface area contributed by atoms with Crippen LogP contribution in [0, 0.1) is 6.92 Å². The first-order valence-corrected chi connectivity index (χ1v) is 6.31. The number of nitrogens with zero attached hydrogens (tertiary/aromatic N) is 1. The van der Waals surface area contributed by atoms with Gasteiger partial charge in [-0.25, -0.2) is 4.79 Å². The Balaban J connectivity index is 3.34. The number of ether oxygens (including phenoxy) is 1. The number of hydrogen-bond donors (Lipinski definition) is 1. The number of methoxy groups -OCH3 is 1. The zero-order valence-electron chi connectivity index (χ0n) is 10.6. The van der Waals surface area contributed by atoms with Crippen LogP contribution in [0.15, 0.2) is 4.47 Å². The quantitative estimate of drug-likeness (QED) is 0.909. The van der Waals surface area contributed by atoms with Gasteiger partial charge in [0.2, 0.25) is 0 Å². The largest absolute Gasteiger partial charge is 0.478 e. The van der Waals surface area contributed by atoms with Gasteiger partial charge in [-0.1, -0.05) is 13.8 Å². The second-order valence-electron chi connectivity index (χ2n) is 4.26. The molecule has 1 aromatic rings. The number of rotatable bonds is 5. The van der Waals surface area contributed by atoms with Crippen LogP contribution in [0.3, 0.4) is 0 Å². The van der Waals surface area contributed by atoms with Gasteiger partial charge in [-0.15, -0.1) is 0 Å². The van der Waals surface area contributed by atoms with Crippen LogP contribution in [0.2, 0.25) is 0 Å². The fraction of sp³-hybridized carbons (Fsp3) is 0.583. The molecule has 4 nitrogen and oxygen atoms in total. The number of carbonyl (C=O) groups is 1. The van der Waals surface area contributed by atoms with Gasteiger partial charge in [0.1, 0.15) is 0 Å². The monoisotopic (exact) mass is 303 g/mol. The first kappa shape index (κ1) is 14.3. The zero-order valence-corrected chi connectivity index (χ0v) is 12.2. The van der Waals surface area contributed by atoms with Crippen molar-refractivity contribution >= 4 is 21.9 Å². The third kappa shape index (κ3) is 2.72. The van der Waals surface area contributed by atoms with Gasteiger partial charge in [0.25, 0.3) is 0 Å². The van der Waals surface area contributed by atoms with Crippen LogP contribution in [-0.4, -0.2) is 29.4 Å². The molecule has 0 radical (unpaired) electrons. The zero-order chi connectivity index (χ0) is 13.2. The van der Waals surface area contributed by atoms with Crippen molar-refractivity contribution < 1.29 is 14.6 Å². The van der Waals surface area contributed by atoms with Crippen LogP contribution < -0.4 is 0 Å². The van der Waals surface area contributed by atoms with Crippen LogP contribution >= 0.6 is 15.9 Å². The number of halogens is 1. The average molecular weight is 304 g/mol. The molecule has 0 aromatic carbocycles. The van der Waals surface area contributed by atoms with Crippen LogP contribution in [0.25, 0.3) is 0 Å². The van der Waals surface area contributed by atoms with Gasteiger partial charge in [0, 0.05) is 25.0 Å². The summed E-state index contributed by atoms with van der Waals surface area (Å²) in [6.07, 6.45) is 0. The SMILES string of the molecule is COCCn1c(C)c(C(=O)O)c(Br)c1C(C)C. The van der Waals surface area contributed by atoms with Crippen LogP contribution in [0.5, 0.6) is 0 Å². The molecule has 1 aromatic heterocycles. The maximum Gasteiger partial charge on any atom is 0.338 e. The van der Waals surface area contributed by atoms with E-state index in [0.717, 1.165) is 11.4 Å². The maximum absolute atomic E-state index is 11.2. The predicted molar refractivity (Wildman–Crippen MR) is 69.8 cm³/mol. The second-order valence-corrected chi connectivity index (χ2v) is 5.06. The standard InChI is InChI=1S/C12H18BrNO3/c1-7(2)11-10(13)9(12(15)16)8(3)14(11)5-6-17-4/h7H,5-6H2,1-4H3,(H,15,16). The highest BCUT2D eigenvalue weighted by Crippen LogP contribution is 2.33. The summed E-state index contributed by atoms with van der Waals surface area (Å²) >= 11 is 3.40. The van der Waals surface area contributed by atoms with Gasteiger partial charge in [-0.2, -0.15) is 0 Å². The average Bonchev–Trinajstić information content (AvgIpc) is 2.46. The fourth-order valence-corrected chi connectivity index (χ4v) is 3.13. The Morgan fingerprint density at radius 2 is 2.12 bits per heavy atom. The first-order chi connectivity index (χ1) is 7.91. The Hall–Kier alpha value is -0.810. The van der Waals surface area contributed by atoms with Gasteiger partial charge in [-0.3, -0.25) is 0 Å². The fourth-order valence-electron chi connectivity index (χ4n) is 2.01. The Bertz CT molecular complexity index is 424. The predicted octanol–water partition coefficient (Wildman–Crippen LogP) is 3.03. The van der Waals surface area contributed by atoms with E-state index in [1.54, 1.807) is 7.11 Å². The molecule has 0 fully saturated rings. The maximum atomic E-state index is 11.2. The first-order valence-electron chi connectivity index (χ1n) is 5.52. The van der Waals surface area contributed by atoms with Gasteiger partial charge in [0.15, 0.2) is 0 Å². The molecule has 0 saturated carbocycles. The number of carboxylic acid groups (broad SMARTS) is 1. The van der Waals surface area contributed by atoms with Gasteiger partial charge in [-0.05, 0) is 28.8 Å². The summed E-state index contributed by atoms with van der Waals surface area (Å²) < 4.78 is 7.77. The minimum atomic E-state index is -0.896. The summed E-state index contributed by atoms with van der Waals surface area (Å²) in [4.78, 5) is 11.2. The van der Waals surface area contributed by atoms with Crippen LogP contribution in [0.1, 0.15) is 41.5 Å². The summed E-state index contributed by atoms with van der Waals surface area (Å²) in [5, 5.41) is 9.22. The molecular weight excluding hydrogens is 286 g/mol. The Kier molecular flexibility index (Phi) is 4.77. The molecule has 0 saturated heterocycles. The third-order valence-corrected chi connectivity index (χ3v) is 3.58. The van der Waals surface area contributed by atoms with E-state index in [4.69, 9.17) is 4.74 Å². The molecule has 17 heavy (non-hydrogen) atoms. The molecule has 0 aliphatic heterocycles. The van der Waals surface area contributed by atoms with E-state index in [1.807, 2.05) is 11.5 Å². The van der Waals surface area contributed by atoms with E-state index in [0.29, 0.717) is 23.2 Å². The molecule has 0 atom stereocenters. The Morgan fingerprint density at radius 1 is 1.53 bits per heavy atom. The highest BCUT2D eigenvalue weighted by Gasteiger charge is 2.24. The van der Waals surface area contributed by atoms with Gasteiger partial charge >= 0.3 is 5.97 Å². The van der Waals surface area contributed by atoms with Crippen molar-refractivity contribution in [1.29, 1.82) is 0 Å². The Labute approximate surface area is 110 Å². The molecule has 5 heteroatoms. The van der Waals surface area contributed by atoms with Crippen LogP contribution in [-0.2, 0) is 11.3 Å². The molecule has 1 N–H and O–H groups in total. The van der Waals surface area contributed by atoms with Crippen molar-refractivity contribution in [1.82, 2.24) is 4.57 Å². The molecule has 0 aliphatic rings. The van der Waals surface area contributed by atoms with E-state index in [2.05, 4.69) is 29.8 Å². The van der Waals surface area contributed by atoms with Crippen molar-refractivity contribution in [3.8, 4) is 0 Å². The van der Waals surface area contributed by atoms with Crippen molar-refractivity contribution in [3.63, 3.8) is 0 Å². The van der Waals surface area contributed by atoms with Crippen molar-refractivity contribution in [3.05, 3.63) is 21.4 Å². The van der Waals surface area contributed by atoms with Crippen LogP contribution in [0.4, 0.5) is 0 Å². The van der Waals surface area contributed by atoms with E-state index in [1.165, 1.54) is 0 Å². The highest BCUT2D eigenvalue weighted by molar-refractivity contribution is 9.10. The highest BCUT2D eigenvalue weighted by atomic mass is 79.9. The minimum absolute atomic E-state index is 0.257. The molecular formula is C12H18BrNO3. The molecule has 0 aliphatic carbocycles. The van der Waals surface area contributed by atoms with E-state index < -0.39 is 5.97 Å². The number of hydrogen-bond acceptors (Lipinski definition) is 2. The lowest BCUT2D eigenvalue weighted by molar-refractivity contribution is 0.0695. The van der Waals surface area contributed by atoms with Crippen molar-refractivity contribution in [2.24, 2.45) is 0 Å². The van der Waals surface area contributed by atoms with Crippen molar-refractivity contribution in [2.45, 2.75) is 33.2 Å². The summed E-state index contributed by atoms with van der Waals surface area (Å²) in [7, 11) is 1.64.